The second-order valence-corrected chi connectivity index (χ2v) is 7.08. The number of ether oxygens (including phenoxy) is 1. The van der Waals surface area contributed by atoms with Gasteiger partial charge in [0.2, 0.25) is 0 Å². The number of carbonyl (C=O) groups is 1. The summed E-state index contributed by atoms with van der Waals surface area (Å²) >= 11 is 8.76. The molecule has 121 valence electrons. The second-order valence-electron chi connectivity index (χ2n) is 5.83. The monoisotopic (exact) mass is 390 g/mol. The van der Waals surface area contributed by atoms with Gasteiger partial charge < -0.3 is 0 Å². The molecular formula is C15H21ClN3O2Se. The molecule has 1 rings (SSSR count). The van der Waals surface area contributed by atoms with E-state index in [0.29, 0.717) is 16.3 Å². The minimum atomic E-state index is -0.509. The topological polar surface area (TPSA) is 62.7 Å². The number of aliphatic imine (C=N–C) groups is 1. The van der Waals surface area contributed by atoms with E-state index >= 15 is 0 Å². The molecule has 1 amide bonds. The van der Waals surface area contributed by atoms with E-state index in [1.54, 1.807) is 12.1 Å². The number of amidine groups is 1. The third-order valence-electron chi connectivity index (χ3n) is 2.35. The van der Waals surface area contributed by atoms with Crippen LogP contribution in [0.5, 0.6) is 0 Å². The summed E-state index contributed by atoms with van der Waals surface area (Å²) < 4.78 is 5.81. The molecule has 0 aliphatic heterocycles. The van der Waals surface area contributed by atoms with Gasteiger partial charge in [0.25, 0.3) is 0 Å². The Kier molecular flexibility index (Phi) is 7.20. The summed E-state index contributed by atoms with van der Waals surface area (Å²) in [6.45, 7) is 7.76. The number of rotatable bonds is 4. The Balaban J connectivity index is 2.44. The predicted molar refractivity (Wildman–Crippen MR) is 92.0 cm³/mol. The van der Waals surface area contributed by atoms with Gasteiger partial charge in [-0.3, -0.25) is 0 Å². The van der Waals surface area contributed by atoms with Gasteiger partial charge >= 0.3 is 144 Å². The molecule has 0 aliphatic carbocycles. The van der Waals surface area contributed by atoms with Crippen molar-refractivity contribution in [2.45, 2.75) is 39.3 Å². The van der Waals surface area contributed by atoms with Crippen LogP contribution in [0.2, 0.25) is 5.02 Å². The molecule has 0 aromatic heterocycles. The van der Waals surface area contributed by atoms with E-state index in [1.807, 2.05) is 39.8 Å². The number of amides is 1. The Morgan fingerprint density at radius 1 is 1.45 bits per heavy atom. The van der Waals surface area contributed by atoms with E-state index < -0.39 is 11.7 Å². The average molecular weight is 390 g/mol. The summed E-state index contributed by atoms with van der Waals surface area (Å²) in [7, 11) is 0. The summed E-state index contributed by atoms with van der Waals surface area (Å²) in [5.41, 5.74) is 0.336. The normalized spacial score (nSPS) is 13.4. The fourth-order valence-electron chi connectivity index (χ4n) is 1.50. The second kappa shape index (κ2) is 8.41. The van der Waals surface area contributed by atoms with E-state index in [2.05, 4.69) is 31.6 Å². The summed E-state index contributed by atoms with van der Waals surface area (Å²) in [5.74, 6) is 0. The van der Waals surface area contributed by atoms with Gasteiger partial charge in [-0.05, 0) is 0 Å². The first-order valence-corrected chi connectivity index (χ1v) is 8.13. The first-order chi connectivity index (χ1) is 10.2. The number of nitrogens with zero attached hydrogens (tertiary/aromatic N) is 1. The Labute approximate surface area is 144 Å². The van der Waals surface area contributed by atoms with Crippen molar-refractivity contribution < 1.29 is 9.53 Å². The van der Waals surface area contributed by atoms with Gasteiger partial charge in [0.1, 0.15) is 0 Å². The maximum atomic E-state index is 11.6. The minimum absolute atomic E-state index is 0.139. The number of hydrogen-bond acceptors (Lipinski definition) is 3. The zero-order chi connectivity index (χ0) is 16.8. The number of benzene rings is 1. The zero-order valence-electron chi connectivity index (χ0n) is 13.1. The van der Waals surface area contributed by atoms with Crippen molar-refractivity contribution in [2.24, 2.45) is 4.99 Å². The summed E-state index contributed by atoms with van der Waals surface area (Å²) in [5, 5.41) is 6.48. The maximum absolute atomic E-state index is 11.6. The van der Waals surface area contributed by atoms with Gasteiger partial charge in [-0.15, -0.1) is 0 Å². The Hall–Kier alpha value is -1.23. The Morgan fingerprint density at radius 2 is 2.14 bits per heavy atom. The van der Waals surface area contributed by atoms with Crippen LogP contribution in [0.15, 0.2) is 29.3 Å². The molecule has 0 saturated carbocycles. The number of nitrogens with one attached hydrogen (secondary N) is 2. The summed E-state index contributed by atoms with van der Waals surface area (Å²) in [4.78, 5) is 16.0. The molecule has 1 atom stereocenters. The third-order valence-corrected chi connectivity index (χ3v) is 3.07. The van der Waals surface area contributed by atoms with Crippen molar-refractivity contribution in [3.05, 3.63) is 29.3 Å². The van der Waals surface area contributed by atoms with Gasteiger partial charge in [-0.1, -0.05) is 0 Å². The molecule has 1 aromatic rings. The van der Waals surface area contributed by atoms with E-state index in [1.165, 1.54) is 0 Å². The molecule has 5 nitrogen and oxygen atoms in total. The molecule has 1 aromatic carbocycles. The summed E-state index contributed by atoms with van der Waals surface area (Å²) in [6, 6.07) is 7.21. The molecule has 0 heterocycles. The average Bonchev–Trinajstić information content (AvgIpc) is 2.34. The molecule has 0 fully saturated rings. The van der Waals surface area contributed by atoms with Crippen LogP contribution < -0.4 is 10.6 Å². The van der Waals surface area contributed by atoms with Crippen LogP contribution in [-0.2, 0) is 4.74 Å². The van der Waals surface area contributed by atoms with E-state index in [9.17, 15) is 4.79 Å². The van der Waals surface area contributed by atoms with Crippen LogP contribution in [0.1, 0.15) is 27.7 Å². The van der Waals surface area contributed by atoms with Crippen LogP contribution in [0.4, 0.5) is 10.5 Å². The predicted octanol–water partition coefficient (Wildman–Crippen LogP) is 3.19. The summed E-state index contributed by atoms with van der Waals surface area (Å²) in [6.07, 6.45) is -0.445. The van der Waals surface area contributed by atoms with Crippen LogP contribution in [0.25, 0.3) is 0 Å². The molecular weight excluding hydrogens is 369 g/mol. The molecule has 0 bridgehead atoms. The van der Waals surface area contributed by atoms with E-state index in [0.717, 1.165) is 5.69 Å². The van der Waals surface area contributed by atoms with E-state index in [4.69, 9.17) is 16.3 Å². The number of halogens is 1. The first-order valence-electron chi connectivity index (χ1n) is 6.89. The van der Waals surface area contributed by atoms with Crippen LogP contribution in [-0.4, -0.2) is 45.0 Å². The molecule has 1 unspecified atom stereocenters. The fraction of sp³-hybridized carbons (Fsp3) is 0.467. The molecule has 1 radical (unpaired) electrons. The van der Waals surface area contributed by atoms with Crippen molar-refractivity contribution in [3.63, 3.8) is 0 Å². The molecule has 22 heavy (non-hydrogen) atoms. The molecule has 0 saturated heterocycles. The van der Waals surface area contributed by atoms with Gasteiger partial charge in [-0.25, -0.2) is 0 Å². The van der Waals surface area contributed by atoms with Crippen molar-refractivity contribution in [2.75, 3.05) is 11.9 Å². The first kappa shape index (κ1) is 18.8. The van der Waals surface area contributed by atoms with E-state index in [-0.39, 0.29) is 6.04 Å². The van der Waals surface area contributed by atoms with Crippen LogP contribution in [0, 0.1) is 0 Å². The van der Waals surface area contributed by atoms with Crippen LogP contribution in [0.3, 0.4) is 0 Å². The zero-order valence-corrected chi connectivity index (χ0v) is 15.6. The Bertz CT molecular complexity index is 544. The quantitative estimate of drug-likeness (QED) is 0.472. The number of carbonyl (C=O) groups excluding carboxylic acids is 1. The number of hydrogen-bond donors (Lipinski definition) is 2. The SMILES string of the molecule is CC(CN=C([Se])Nc1cccc(Cl)c1)NC(=O)OC(C)(C)C. The fourth-order valence-corrected chi connectivity index (χ4v) is 2.10. The standard InChI is InChI=1S/C15H21ClN3O2Se/c1-10(18-14(20)21-15(2,3)4)9-17-13(22)19-12-7-5-6-11(16)8-12/h5-8,10H,9H2,1-4H3,(H,17,19)(H,18,20). The molecule has 2 N–H and O–H groups in total. The van der Waals surface area contributed by atoms with Crippen molar-refractivity contribution >= 4 is 44.1 Å². The van der Waals surface area contributed by atoms with Crippen molar-refractivity contribution in [3.8, 4) is 0 Å². The third kappa shape index (κ3) is 8.27. The Morgan fingerprint density at radius 3 is 2.73 bits per heavy atom. The molecule has 7 heteroatoms. The van der Waals surface area contributed by atoms with Gasteiger partial charge in [0.15, 0.2) is 0 Å². The molecule has 0 spiro atoms. The van der Waals surface area contributed by atoms with Gasteiger partial charge in [-0.2, -0.15) is 0 Å². The number of alkyl carbamates (subject to hydrolysis) is 1. The van der Waals surface area contributed by atoms with Crippen LogP contribution >= 0.6 is 11.6 Å². The molecule has 0 aliphatic rings. The number of anilines is 1. The van der Waals surface area contributed by atoms with Gasteiger partial charge in [0.05, 0.1) is 0 Å². The van der Waals surface area contributed by atoms with Crippen molar-refractivity contribution in [1.29, 1.82) is 0 Å². The van der Waals surface area contributed by atoms with Crippen molar-refractivity contribution in [1.82, 2.24) is 5.32 Å². The van der Waals surface area contributed by atoms with Gasteiger partial charge in [0, 0.05) is 0 Å².